The molecule has 0 saturated heterocycles. The largest absolute Gasteiger partial charge is 0.497 e. The van der Waals surface area contributed by atoms with E-state index in [0.29, 0.717) is 22.3 Å². The predicted octanol–water partition coefficient (Wildman–Crippen LogP) is 3.55. The molecule has 0 radical (unpaired) electrons. The first-order valence-corrected chi connectivity index (χ1v) is 12.0. The lowest BCUT2D eigenvalue weighted by molar-refractivity contribution is -0.118. The molecule has 0 unspecified atom stereocenters. The van der Waals surface area contributed by atoms with Gasteiger partial charge in [-0.15, -0.1) is 10.2 Å². The molecule has 164 valence electrons. The molecule has 0 fully saturated rings. The summed E-state index contributed by atoms with van der Waals surface area (Å²) in [6, 6.07) is 14.5. The average Bonchev–Trinajstić information content (AvgIpc) is 3.26. The minimum atomic E-state index is -3.91. The van der Waals surface area contributed by atoms with E-state index in [9.17, 15) is 13.2 Å². The number of sulfonamides is 1. The van der Waals surface area contributed by atoms with Crippen molar-refractivity contribution in [3.63, 3.8) is 0 Å². The van der Waals surface area contributed by atoms with Gasteiger partial charge in [0.25, 0.3) is 0 Å². The molecule has 0 saturated carbocycles. The molecule has 3 rings (SSSR count). The first kappa shape index (κ1) is 22.9. The lowest BCUT2D eigenvalue weighted by atomic mass is 9.99. The summed E-state index contributed by atoms with van der Waals surface area (Å²) < 4.78 is 33.3. The summed E-state index contributed by atoms with van der Waals surface area (Å²) in [5, 5.41) is 11.8. The van der Waals surface area contributed by atoms with E-state index < -0.39 is 22.0 Å². The van der Waals surface area contributed by atoms with Crippen LogP contribution in [0.3, 0.4) is 0 Å². The first-order valence-electron chi connectivity index (χ1n) is 9.70. The number of anilines is 1. The van der Waals surface area contributed by atoms with Gasteiger partial charge >= 0.3 is 0 Å². The predicted molar refractivity (Wildman–Crippen MR) is 121 cm³/mol. The highest BCUT2D eigenvalue weighted by Gasteiger charge is 2.30. The maximum absolute atomic E-state index is 12.9. The van der Waals surface area contributed by atoms with E-state index in [-0.39, 0.29) is 10.8 Å². The quantitative estimate of drug-likeness (QED) is 0.505. The molecule has 2 N–H and O–H groups in total. The molecule has 1 heterocycles. The molecule has 0 aliphatic carbocycles. The van der Waals surface area contributed by atoms with Crippen LogP contribution in [0.2, 0.25) is 0 Å². The number of hydrogen-bond donors (Lipinski definition) is 2. The third kappa shape index (κ3) is 5.66. The Morgan fingerprint density at radius 2 is 1.77 bits per heavy atom. The number of methoxy groups -OCH3 is 1. The van der Waals surface area contributed by atoms with E-state index in [2.05, 4.69) is 20.2 Å². The molecule has 0 bridgehead atoms. The molecule has 1 amide bonds. The van der Waals surface area contributed by atoms with E-state index >= 15 is 0 Å². The molecule has 10 heteroatoms. The maximum atomic E-state index is 12.9. The third-order valence-electron chi connectivity index (χ3n) is 4.82. The molecule has 1 aromatic heterocycles. The smallest absolute Gasteiger partial charge is 0.244 e. The fraction of sp³-hybridized carbons (Fsp3) is 0.286. The number of nitrogens with one attached hydrogen (secondary N) is 2. The average molecular weight is 461 g/mol. The van der Waals surface area contributed by atoms with Gasteiger partial charge in [0.1, 0.15) is 16.8 Å². The summed E-state index contributed by atoms with van der Waals surface area (Å²) in [6.45, 7) is 3.71. The van der Waals surface area contributed by atoms with Gasteiger partial charge in [0.2, 0.25) is 21.1 Å². The maximum Gasteiger partial charge on any atom is 0.244 e. The number of benzene rings is 2. The van der Waals surface area contributed by atoms with Gasteiger partial charge in [0.15, 0.2) is 0 Å². The van der Waals surface area contributed by atoms with E-state index in [0.717, 1.165) is 5.56 Å². The van der Waals surface area contributed by atoms with Crippen molar-refractivity contribution in [1.29, 1.82) is 0 Å². The number of rotatable bonds is 9. The lowest BCUT2D eigenvalue weighted by Gasteiger charge is -2.22. The van der Waals surface area contributed by atoms with Crippen molar-refractivity contribution in [3.05, 3.63) is 54.6 Å². The Labute approximate surface area is 185 Å². The number of amides is 1. The van der Waals surface area contributed by atoms with Crippen molar-refractivity contribution in [3.8, 4) is 16.3 Å². The van der Waals surface area contributed by atoms with Gasteiger partial charge in [-0.05, 0) is 30.2 Å². The standard InChI is InChI=1S/C21H24N4O4S2/c1-4-14(2)18(25-31(27,28)17-12-10-16(29-3)11-13-17)19(26)22-21-24-23-20(30-21)15-8-6-5-7-9-15/h5-14,18,25H,4H2,1-3H3,(H,22,24,26)/t14-,18-/m0/s1. The second kappa shape index (κ2) is 9.99. The normalized spacial score (nSPS) is 13.4. The second-order valence-electron chi connectivity index (χ2n) is 6.93. The van der Waals surface area contributed by atoms with Crippen LogP contribution < -0.4 is 14.8 Å². The summed E-state index contributed by atoms with van der Waals surface area (Å²) >= 11 is 1.22. The van der Waals surface area contributed by atoms with Crippen LogP contribution in [-0.2, 0) is 14.8 Å². The van der Waals surface area contributed by atoms with Gasteiger partial charge < -0.3 is 4.74 Å². The SMILES string of the molecule is CC[C@H](C)[C@H](NS(=O)(=O)c1ccc(OC)cc1)C(=O)Nc1nnc(-c2ccccc2)s1. The molecular weight excluding hydrogens is 436 g/mol. The zero-order valence-corrected chi connectivity index (χ0v) is 19.0. The fourth-order valence-electron chi connectivity index (χ4n) is 2.81. The third-order valence-corrected chi connectivity index (χ3v) is 7.17. The highest BCUT2D eigenvalue weighted by Crippen LogP contribution is 2.26. The Hall–Kier alpha value is -2.82. The zero-order chi connectivity index (χ0) is 22.4. The summed E-state index contributed by atoms with van der Waals surface area (Å²) in [5.74, 6) is -0.183. The van der Waals surface area contributed by atoms with Gasteiger partial charge in [-0.1, -0.05) is 61.9 Å². The number of aromatic nitrogens is 2. The second-order valence-corrected chi connectivity index (χ2v) is 9.62. The number of ether oxygens (including phenoxy) is 1. The summed E-state index contributed by atoms with van der Waals surface area (Å²) in [5.41, 5.74) is 0.888. The zero-order valence-electron chi connectivity index (χ0n) is 17.4. The van der Waals surface area contributed by atoms with Crippen LogP contribution in [0.1, 0.15) is 20.3 Å². The monoisotopic (exact) mass is 460 g/mol. The molecule has 0 aliphatic rings. The Balaban J connectivity index is 1.77. The van der Waals surface area contributed by atoms with Crippen molar-refractivity contribution in [2.24, 2.45) is 5.92 Å². The van der Waals surface area contributed by atoms with Crippen molar-refractivity contribution >= 4 is 32.4 Å². The summed E-state index contributed by atoms with van der Waals surface area (Å²) in [7, 11) is -2.41. The van der Waals surface area contributed by atoms with Gasteiger partial charge in [0, 0.05) is 5.56 Å². The van der Waals surface area contributed by atoms with Crippen molar-refractivity contribution < 1.29 is 17.9 Å². The van der Waals surface area contributed by atoms with Gasteiger partial charge in [0.05, 0.1) is 12.0 Å². The molecule has 2 atom stereocenters. The van der Waals surface area contributed by atoms with Crippen LogP contribution in [0.4, 0.5) is 5.13 Å². The Kier molecular flexibility index (Phi) is 7.37. The molecule has 2 aromatic carbocycles. The lowest BCUT2D eigenvalue weighted by Crippen LogP contribution is -2.47. The van der Waals surface area contributed by atoms with Crippen molar-refractivity contribution in [2.75, 3.05) is 12.4 Å². The minimum absolute atomic E-state index is 0.0525. The minimum Gasteiger partial charge on any atom is -0.497 e. The molecule has 0 aliphatic heterocycles. The van der Waals surface area contributed by atoms with E-state index in [1.165, 1.54) is 30.6 Å². The van der Waals surface area contributed by atoms with Crippen LogP contribution >= 0.6 is 11.3 Å². The van der Waals surface area contributed by atoms with Gasteiger partial charge in [-0.3, -0.25) is 10.1 Å². The number of nitrogens with zero attached hydrogens (tertiary/aromatic N) is 2. The fourth-order valence-corrected chi connectivity index (χ4v) is 4.86. The van der Waals surface area contributed by atoms with Crippen molar-refractivity contribution in [2.45, 2.75) is 31.2 Å². The summed E-state index contributed by atoms with van der Waals surface area (Å²) in [6.07, 6.45) is 0.606. The molecular formula is C21H24N4O4S2. The van der Waals surface area contributed by atoms with Gasteiger partial charge in [-0.25, -0.2) is 8.42 Å². The van der Waals surface area contributed by atoms with Crippen LogP contribution in [0.25, 0.3) is 10.6 Å². The molecule has 0 spiro atoms. The number of hydrogen-bond acceptors (Lipinski definition) is 7. The van der Waals surface area contributed by atoms with E-state index in [1.54, 1.807) is 12.1 Å². The Morgan fingerprint density at radius 1 is 1.10 bits per heavy atom. The van der Waals surface area contributed by atoms with Crippen LogP contribution in [0, 0.1) is 5.92 Å². The molecule has 8 nitrogen and oxygen atoms in total. The van der Waals surface area contributed by atoms with E-state index in [1.807, 2.05) is 44.2 Å². The van der Waals surface area contributed by atoms with Gasteiger partial charge in [-0.2, -0.15) is 4.72 Å². The van der Waals surface area contributed by atoms with Crippen LogP contribution in [-0.4, -0.2) is 37.7 Å². The first-order chi connectivity index (χ1) is 14.8. The Morgan fingerprint density at radius 3 is 2.39 bits per heavy atom. The highest BCUT2D eigenvalue weighted by atomic mass is 32.2. The number of carbonyl (C=O) groups excluding carboxylic acids is 1. The number of carbonyl (C=O) groups is 1. The van der Waals surface area contributed by atoms with Crippen LogP contribution in [0.15, 0.2) is 59.5 Å². The van der Waals surface area contributed by atoms with Crippen molar-refractivity contribution in [1.82, 2.24) is 14.9 Å². The topological polar surface area (TPSA) is 110 Å². The molecule has 3 aromatic rings. The molecule has 31 heavy (non-hydrogen) atoms. The Bertz CT molecular complexity index is 1120. The highest BCUT2D eigenvalue weighted by molar-refractivity contribution is 7.89. The van der Waals surface area contributed by atoms with E-state index in [4.69, 9.17) is 4.74 Å². The van der Waals surface area contributed by atoms with Crippen LogP contribution in [0.5, 0.6) is 5.75 Å². The summed E-state index contributed by atoms with van der Waals surface area (Å²) in [4.78, 5) is 13.0.